The van der Waals surface area contributed by atoms with Crippen molar-refractivity contribution in [2.75, 3.05) is 0 Å². The van der Waals surface area contributed by atoms with Gasteiger partial charge in [0.2, 0.25) is 0 Å². The Labute approximate surface area is 262 Å². The molecule has 0 aliphatic carbocycles. The molecule has 0 bridgehead atoms. The van der Waals surface area contributed by atoms with Crippen molar-refractivity contribution in [3.63, 3.8) is 0 Å². The molecule has 0 aliphatic rings. The predicted molar refractivity (Wildman–Crippen MR) is 185 cm³/mol. The van der Waals surface area contributed by atoms with Crippen LogP contribution in [-0.2, 0) is 10.8 Å². The molecule has 3 aromatic carbocycles. The maximum atomic E-state index is 4.12. The summed E-state index contributed by atoms with van der Waals surface area (Å²) >= 11 is 0. The topological polar surface area (TPSA) is 38.7 Å². The van der Waals surface area contributed by atoms with Crippen molar-refractivity contribution in [3.05, 3.63) is 151 Å². The Morgan fingerprint density at radius 1 is 0.318 bits per heavy atom. The highest BCUT2D eigenvalue weighted by Crippen LogP contribution is 2.34. The molecular weight excluding hydrogens is 534 g/mol. The van der Waals surface area contributed by atoms with Crippen molar-refractivity contribution >= 4 is 0 Å². The van der Waals surface area contributed by atoms with Crippen molar-refractivity contribution in [2.24, 2.45) is 0 Å². The first-order valence-electron chi connectivity index (χ1n) is 15.2. The van der Waals surface area contributed by atoms with Gasteiger partial charge >= 0.3 is 0 Å². The fourth-order valence-electron chi connectivity index (χ4n) is 5.05. The molecule has 3 heteroatoms. The molecule has 0 aliphatic heterocycles. The van der Waals surface area contributed by atoms with E-state index < -0.39 is 0 Å². The summed E-state index contributed by atoms with van der Waals surface area (Å²) in [5.74, 6) is 0. The van der Waals surface area contributed by atoms with Gasteiger partial charge in [-0.2, -0.15) is 0 Å². The first-order chi connectivity index (χ1) is 21.1. The standard InChI is InChI=1S/C21H21N.C20H20N2/c1-21(2,3)20-14-18(16-7-5-4-6-8-16)13-19(15-20)17-9-11-22-12-10-17;1-20(2,3)19-13-17(15-4-8-21-9-5-15)12-18(14-19)16-6-10-22-11-7-16/h4-15H,1-3H3;4-14H,1-3H3. The van der Waals surface area contributed by atoms with Crippen LogP contribution in [0, 0.1) is 0 Å². The first-order valence-corrected chi connectivity index (χ1v) is 15.2. The average Bonchev–Trinajstić information content (AvgIpc) is 3.05. The van der Waals surface area contributed by atoms with Crippen molar-refractivity contribution in [2.45, 2.75) is 52.4 Å². The maximum Gasteiger partial charge on any atom is 0.0273 e. The van der Waals surface area contributed by atoms with Gasteiger partial charge in [0.1, 0.15) is 0 Å². The molecule has 0 atom stereocenters. The van der Waals surface area contributed by atoms with E-state index in [9.17, 15) is 0 Å². The number of rotatable bonds is 4. The van der Waals surface area contributed by atoms with E-state index in [4.69, 9.17) is 0 Å². The smallest absolute Gasteiger partial charge is 0.0273 e. The van der Waals surface area contributed by atoms with Crippen molar-refractivity contribution in [1.29, 1.82) is 0 Å². The zero-order valence-corrected chi connectivity index (χ0v) is 26.6. The number of aromatic nitrogens is 3. The number of pyridine rings is 3. The largest absolute Gasteiger partial charge is 0.265 e. The lowest BCUT2D eigenvalue weighted by atomic mass is 9.83. The Hall–Kier alpha value is -4.89. The molecule has 220 valence electrons. The Bertz CT molecular complexity index is 1530. The van der Waals surface area contributed by atoms with Crippen LogP contribution in [0.25, 0.3) is 44.5 Å². The Kier molecular flexibility index (Phi) is 9.15. The van der Waals surface area contributed by atoms with E-state index in [2.05, 4.69) is 160 Å². The summed E-state index contributed by atoms with van der Waals surface area (Å²) in [6.45, 7) is 13.5. The number of hydrogen-bond acceptors (Lipinski definition) is 3. The number of hydrogen-bond donors (Lipinski definition) is 0. The summed E-state index contributed by atoms with van der Waals surface area (Å²) in [5.41, 5.74) is 12.7. The zero-order valence-electron chi connectivity index (χ0n) is 26.6. The molecule has 44 heavy (non-hydrogen) atoms. The quantitative estimate of drug-likeness (QED) is 0.210. The lowest BCUT2D eigenvalue weighted by Crippen LogP contribution is -2.11. The van der Waals surface area contributed by atoms with Crippen LogP contribution in [0.15, 0.2) is 140 Å². The normalized spacial score (nSPS) is 11.4. The molecule has 0 spiro atoms. The van der Waals surface area contributed by atoms with Crippen molar-refractivity contribution in [1.82, 2.24) is 15.0 Å². The van der Waals surface area contributed by atoms with E-state index in [1.54, 1.807) is 0 Å². The second-order valence-corrected chi connectivity index (χ2v) is 13.2. The highest BCUT2D eigenvalue weighted by molar-refractivity contribution is 5.75. The van der Waals surface area contributed by atoms with Gasteiger partial charge in [0.05, 0.1) is 0 Å². The molecule has 6 rings (SSSR count). The van der Waals surface area contributed by atoms with Crippen LogP contribution < -0.4 is 0 Å². The van der Waals surface area contributed by atoms with Crippen LogP contribution in [0.5, 0.6) is 0 Å². The highest BCUT2D eigenvalue weighted by Gasteiger charge is 2.17. The summed E-state index contributed by atoms with van der Waals surface area (Å²) in [6, 6.07) is 36.6. The van der Waals surface area contributed by atoms with Crippen molar-refractivity contribution in [3.8, 4) is 44.5 Å². The van der Waals surface area contributed by atoms with E-state index in [1.165, 1.54) is 55.6 Å². The van der Waals surface area contributed by atoms with Crippen LogP contribution in [0.2, 0.25) is 0 Å². The number of nitrogens with zero attached hydrogens (tertiary/aromatic N) is 3. The van der Waals surface area contributed by atoms with E-state index in [1.807, 2.05) is 37.2 Å². The van der Waals surface area contributed by atoms with E-state index in [0.29, 0.717) is 0 Å². The SMILES string of the molecule is CC(C)(C)c1cc(-c2ccccc2)cc(-c2ccncc2)c1.CC(C)(C)c1cc(-c2ccncc2)cc(-c2ccncc2)c1. The zero-order chi connectivity index (χ0) is 31.2. The second kappa shape index (κ2) is 13.2. The molecule has 3 aromatic heterocycles. The van der Waals surface area contributed by atoms with Crippen LogP contribution >= 0.6 is 0 Å². The minimum absolute atomic E-state index is 0.102. The molecule has 0 fully saturated rings. The van der Waals surface area contributed by atoms with Crippen LogP contribution in [0.1, 0.15) is 52.7 Å². The van der Waals surface area contributed by atoms with E-state index in [-0.39, 0.29) is 10.8 Å². The van der Waals surface area contributed by atoms with Gasteiger partial charge in [-0.1, -0.05) is 96.1 Å². The highest BCUT2D eigenvalue weighted by atomic mass is 14.6. The minimum atomic E-state index is 0.102. The molecule has 0 unspecified atom stereocenters. The molecule has 0 amide bonds. The van der Waals surface area contributed by atoms with Gasteiger partial charge in [0, 0.05) is 37.2 Å². The minimum Gasteiger partial charge on any atom is -0.265 e. The number of benzene rings is 3. The average molecular weight is 576 g/mol. The van der Waals surface area contributed by atoms with Gasteiger partial charge in [-0.15, -0.1) is 0 Å². The molecule has 6 aromatic rings. The third-order valence-electron chi connectivity index (χ3n) is 7.75. The maximum absolute atomic E-state index is 4.12. The van der Waals surface area contributed by atoms with Gasteiger partial charge in [0.25, 0.3) is 0 Å². The van der Waals surface area contributed by atoms with Crippen LogP contribution in [0.4, 0.5) is 0 Å². The molecule has 0 saturated carbocycles. The monoisotopic (exact) mass is 575 g/mol. The summed E-state index contributed by atoms with van der Waals surface area (Å²) in [7, 11) is 0. The van der Waals surface area contributed by atoms with Gasteiger partial charge in [0.15, 0.2) is 0 Å². The fraction of sp³-hybridized carbons (Fsp3) is 0.195. The lowest BCUT2D eigenvalue weighted by Gasteiger charge is -2.21. The molecular formula is C41H41N3. The third-order valence-corrected chi connectivity index (χ3v) is 7.75. The van der Waals surface area contributed by atoms with Gasteiger partial charge in [-0.25, -0.2) is 0 Å². The molecule has 3 nitrogen and oxygen atoms in total. The second-order valence-electron chi connectivity index (χ2n) is 13.2. The lowest BCUT2D eigenvalue weighted by molar-refractivity contribution is 0.590. The van der Waals surface area contributed by atoms with Crippen LogP contribution in [-0.4, -0.2) is 15.0 Å². The molecule has 3 heterocycles. The summed E-state index contributed by atoms with van der Waals surface area (Å²) in [6.07, 6.45) is 11.1. The summed E-state index contributed by atoms with van der Waals surface area (Å²) in [5, 5.41) is 0. The van der Waals surface area contributed by atoms with E-state index >= 15 is 0 Å². The molecule has 0 saturated heterocycles. The Morgan fingerprint density at radius 3 is 0.864 bits per heavy atom. The van der Waals surface area contributed by atoms with Crippen molar-refractivity contribution < 1.29 is 0 Å². The third kappa shape index (κ3) is 7.73. The van der Waals surface area contributed by atoms with Gasteiger partial charge < -0.3 is 0 Å². The van der Waals surface area contributed by atoms with Gasteiger partial charge in [-0.05, 0) is 115 Å². The van der Waals surface area contributed by atoms with Crippen LogP contribution in [0.3, 0.4) is 0 Å². The van der Waals surface area contributed by atoms with Gasteiger partial charge in [-0.3, -0.25) is 15.0 Å². The fourth-order valence-corrected chi connectivity index (χ4v) is 5.05. The Morgan fingerprint density at radius 2 is 0.591 bits per heavy atom. The first kappa shape index (κ1) is 30.6. The molecule has 0 radical (unpaired) electrons. The molecule has 0 N–H and O–H groups in total. The Balaban J connectivity index is 0.000000175. The summed E-state index contributed by atoms with van der Waals surface area (Å²) in [4.78, 5) is 12.4. The summed E-state index contributed by atoms with van der Waals surface area (Å²) < 4.78 is 0. The predicted octanol–water partition coefficient (Wildman–Crippen LogP) is 10.8. The van der Waals surface area contributed by atoms with E-state index in [0.717, 1.165) is 0 Å².